The summed E-state index contributed by atoms with van der Waals surface area (Å²) in [4.78, 5) is 13.8. The van der Waals surface area contributed by atoms with Crippen LogP contribution in [0.4, 0.5) is 11.4 Å². The molecule has 1 amide bonds. The number of hydrogen-bond donors (Lipinski definition) is 2. The first-order valence-corrected chi connectivity index (χ1v) is 7.45. The first kappa shape index (κ1) is 16.1. The Bertz CT molecular complexity index is 534. The lowest BCUT2D eigenvalue weighted by atomic mass is 10.1. The molecule has 1 aromatic carbocycles. The standard InChI is InChI=1S/C15H22ClN3O2/c1-9(2)8-19(4-5-21-3)13-7-12-10(6-11(13)16)14(17)15(20)18-12/h6-7,9,14H,4-5,8,17H2,1-3H3,(H,18,20). The predicted octanol–water partition coefficient (Wildman–Crippen LogP) is 2.40. The number of carbonyl (C=O) groups is 1. The van der Waals surface area contributed by atoms with E-state index in [0.29, 0.717) is 17.5 Å². The maximum atomic E-state index is 11.7. The zero-order valence-corrected chi connectivity index (χ0v) is 13.4. The first-order chi connectivity index (χ1) is 9.93. The molecule has 21 heavy (non-hydrogen) atoms. The van der Waals surface area contributed by atoms with Gasteiger partial charge in [0.2, 0.25) is 5.91 Å². The number of nitrogens with zero attached hydrogens (tertiary/aromatic N) is 1. The first-order valence-electron chi connectivity index (χ1n) is 7.07. The minimum atomic E-state index is -0.635. The van der Waals surface area contributed by atoms with Crippen molar-refractivity contribution in [1.82, 2.24) is 0 Å². The van der Waals surface area contributed by atoms with E-state index in [1.165, 1.54) is 0 Å². The van der Waals surface area contributed by atoms with Gasteiger partial charge in [-0.2, -0.15) is 0 Å². The van der Waals surface area contributed by atoms with Crippen LogP contribution in [0.2, 0.25) is 5.02 Å². The number of nitrogens with two attached hydrogens (primary N) is 1. The lowest BCUT2D eigenvalue weighted by Crippen LogP contribution is -2.31. The largest absolute Gasteiger partial charge is 0.383 e. The Balaban J connectivity index is 2.33. The molecule has 2 rings (SSSR count). The van der Waals surface area contributed by atoms with Crippen LogP contribution in [0.15, 0.2) is 12.1 Å². The maximum absolute atomic E-state index is 11.7. The summed E-state index contributed by atoms with van der Waals surface area (Å²) in [5.41, 5.74) is 8.24. The summed E-state index contributed by atoms with van der Waals surface area (Å²) in [6.45, 7) is 6.53. The number of hydrogen-bond acceptors (Lipinski definition) is 4. The molecule has 1 aliphatic heterocycles. The van der Waals surface area contributed by atoms with Crippen molar-refractivity contribution in [3.8, 4) is 0 Å². The van der Waals surface area contributed by atoms with Crippen molar-refractivity contribution in [2.45, 2.75) is 19.9 Å². The van der Waals surface area contributed by atoms with E-state index in [1.54, 1.807) is 13.2 Å². The molecule has 1 atom stereocenters. The van der Waals surface area contributed by atoms with Crippen LogP contribution in [-0.4, -0.2) is 32.7 Å². The Kier molecular flexibility index (Phi) is 5.08. The van der Waals surface area contributed by atoms with Crippen LogP contribution in [0, 0.1) is 5.92 Å². The van der Waals surface area contributed by atoms with Gasteiger partial charge in [0.15, 0.2) is 0 Å². The van der Waals surface area contributed by atoms with Crippen LogP contribution in [0.5, 0.6) is 0 Å². The zero-order chi connectivity index (χ0) is 15.6. The van der Waals surface area contributed by atoms with Gasteiger partial charge in [0.1, 0.15) is 6.04 Å². The predicted molar refractivity (Wildman–Crippen MR) is 85.9 cm³/mol. The van der Waals surface area contributed by atoms with Gasteiger partial charge in [0.05, 0.1) is 17.3 Å². The van der Waals surface area contributed by atoms with Gasteiger partial charge in [0.25, 0.3) is 0 Å². The highest BCUT2D eigenvalue weighted by Crippen LogP contribution is 2.38. The molecule has 1 aromatic rings. The van der Waals surface area contributed by atoms with Crippen molar-refractivity contribution in [3.05, 3.63) is 22.7 Å². The third-order valence-electron chi connectivity index (χ3n) is 3.49. The van der Waals surface area contributed by atoms with Crippen LogP contribution in [0.1, 0.15) is 25.5 Å². The van der Waals surface area contributed by atoms with Crippen LogP contribution in [-0.2, 0) is 9.53 Å². The Morgan fingerprint density at radius 2 is 2.19 bits per heavy atom. The van der Waals surface area contributed by atoms with E-state index in [0.717, 1.165) is 30.0 Å². The van der Waals surface area contributed by atoms with Gasteiger partial charge in [-0.1, -0.05) is 25.4 Å². The molecule has 116 valence electrons. The molecule has 0 spiro atoms. The summed E-state index contributed by atoms with van der Waals surface area (Å²) in [5.74, 6) is 0.300. The molecular formula is C15H22ClN3O2. The van der Waals surface area contributed by atoms with E-state index in [9.17, 15) is 4.79 Å². The number of carbonyl (C=O) groups excluding carboxylic acids is 1. The summed E-state index contributed by atoms with van der Waals surface area (Å²) in [6.07, 6.45) is 0. The maximum Gasteiger partial charge on any atom is 0.245 e. The van der Waals surface area contributed by atoms with E-state index in [-0.39, 0.29) is 5.91 Å². The molecule has 1 heterocycles. The van der Waals surface area contributed by atoms with Crippen molar-refractivity contribution in [3.63, 3.8) is 0 Å². The molecule has 1 unspecified atom stereocenters. The van der Waals surface area contributed by atoms with E-state index in [4.69, 9.17) is 22.1 Å². The second kappa shape index (κ2) is 6.64. The number of methoxy groups -OCH3 is 1. The molecular weight excluding hydrogens is 290 g/mol. The van der Waals surface area contributed by atoms with Crippen molar-refractivity contribution >= 4 is 28.9 Å². The van der Waals surface area contributed by atoms with E-state index in [1.807, 2.05) is 6.07 Å². The van der Waals surface area contributed by atoms with Crippen LogP contribution < -0.4 is 16.0 Å². The summed E-state index contributed by atoms with van der Waals surface area (Å²) in [5, 5.41) is 3.41. The smallest absolute Gasteiger partial charge is 0.245 e. The number of benzene rings is 1. The Hall–Kier alpha value is -1.30. The number of fused-ring (bicyclic) bond motifs is 1. The second-order valence-corrected chi connectivity index (χ2v) is 6.10. The van der Waals surface area contributed by atoms with E-state index >= 15 is 0 Å². The monoisotopic (exact) mass is 311 g/mol. The zero-order valence-electron chi connectivity index (χ0n) is 12.6. The summed E-state index contributed by atoms with van der Waals surface area (Å²) in [7, 11) is 1.68. The van der Waals surface area contributed by atoms with E-state index < -0.39 is 6.04 Å². The molecule has 1 aliphatic rings. The fraction of sp³-hybridized carbons (Fsp3) is 0.533. The topological polar surface area (TPSA) is 67.6 Å². The van der Waals surface area contributed by atoms with Gasteiger partial charge < -0.3 is 20.7 Å². The lowest BCUT2D eigenvalue weighted by Gasteiger charge is -2.28. The minimum absolute atomic E-state index is 0.189. The highest BCUT2D eigenvalue weighted by atomic mass is 35.5. The molecule has 3 N–H and O–H groups in total. The Morgan fingerprint density at radius 1 is 1.48 bits per heavy atom. The molecule has 5 nitrogen and oxygen atoms in total. The summed E-state index contributed by atoms with van der Waals surface area (Å²) >= 11 is 6.40. The average molecular weight is 312 g/mol. The van der Waals surface area contributed by atoms with Crippen LogP contribution in [0.3, 0.4) is 0 Å². The number of halogens is 1. The third kappa shape index (κ3) is 3.48. The number of ether oxygens (including phenoxy) is 1. The Morgan fingerprint density at radius 3 is 2.81 bits per heavy atom. The SMILES string of the molecule is COCCN(CC(C)C)c1cc2c(cc1Cl)C(N)C(=O)N2. The van der Waals surface area contributed by atoms with Crippen molar-refractivity contribution in [2.75, 3.05) is 37.0 Å². The number of rotatable bonds is 6. The molecule has 0 radical (unpaired) electrons. The molecule has 0 saturated heterocycles. The average Bonchev–Trinajstić information content (AvgIpc) is 2.69. The molecule has 0 saturated carbocycles. The summed E-state index contributed by atoms with van der Waals surface area (Å²) in [6, 6.07) is 3.05. The van der Waals surface area contributed by atoms with Gasteiger partial charge in [0, 0.05) is 31.5 Å². The quantitative estimate of drug-likeness (QED) is 0.846. The minimum Gasteiger partial charge on any atom is -0.383 e. The molecule has 6 heteroatoms. The van der Waals surface area contributed by atoms with Gasteiger partial charge in [-0.15, -0.1) is 0 Å². The molecule has 0 bridgehead atoms. The fourth-order valence-electron chi connectivity index (χ4n) is 2.49. The number of nitrogens with one attached hydrogen (secondary N) is 1. The molecule has 0 fully saturated rings. The van der Waals surface area contributed by atoms with Gasteiger partial charge in [-0.3, -0.25) is 4.79 Å². The van der Waals surface area contributed by atoms with E-state index in [2.05, 4.69) is 24.1 Å². The van der Waals surface area contributed by atoms with Crippen molar-refractivity contribution < 1.29 is 9.53 Å². The van der Waals surface area contributed by atoms with Crippen LogP contribution in [0.25, 0.3) is 0 Å². The highest BCUT2D eigenvalue weighted by Gasteiger charge is 2.29. The lowest BCUT2D eigenvalue weighted by molar-refractivity contribution is -0.116. The molecule has 0 aromatic heterocycles. The third-order valence-corrected chi connectivity index (χ3v) is 3.79. The van der Waals surface area contributed by atoms with Gasteiger partial charge in [-0.25, -0.2) is 0 Å². The highest BCUT2D eigenvalue weighted by molar-refractivity contribution is 6.33. The van der Waals surface area contributed by atoms with Gasteiger partial charge >= 0.3 is 0 Å². The fourth-order valence-corrected chi connectivity index (χ4v) is 2.78. The molecule has 0 aliphatic carbocycles. The van der Waals surface area contributed by atoms with Crippen molar-refractivity contribution in [2.24, 2.45) is 11.7 Å². The van der Waals surface area contributed by atoms with Gasteiger partial charge in [-0.05, 0) is 18.1 Å². The summed E-state index contributed by atoms with van der Waals surface area (Å²) < 4.78 is 5.17. The Labute approximate surface area is 130 Å². The van der Waals surface area contributed by atoms with Crippen molar-refractivity contribution in [1.29, 1.82) is 0 Å². The van der Waals surface area contributed by atoms with Crippen LogP contribution >= 0.6 is 11.6 Å². The normalized spacial score (nSPS) is 17.0. The number of anilines is 2. The number of amides is 1. The second-order valence-electron chi connectivity index (χ2n) is 5.69.